The predicted octanol–water partition coefficient (Wildman–Crippen LogP) is 1.40. The number of benzene rings is 1. The van der Waals surface area contributed by atoms with Gasteiger partial charge in [0.15, 0.2) is 0 Å². The van der Waals surface area contributed by atoms with Crippen molar-refractivity contribution in [2.45, 2.75) is 0 Å². The molecule has 29 heavy (non-hydrogen) atoms. The van der Waals surface area contributed by atoms with Gasteiger partial charge in [0.2, 0.25) is 11.4 Å². The van der Waals surface area contributed by atoms with Gasteiger partial charge in [-0.05, 0) is 40.8 Å². The van der Waals surface area contributed by atoms with Gasteiger partial charge in [-0.2, -0.15) is 5.26 Å². The molecule has 0 saturated carbocycles. The summed E-state index contributed by atoms with van der Waals surface area (Å²) in [5.74, 6) is 0.383. The molecule has 0 unspecified atom stereocenters. The third-order valence-electron chi connectivity index (χ3n) is 4.97. The lowest BCUT2D eigenvalue weighted by Crippen LogP contribution is -2.37. The number of anilines is 1. The molecule has 1 aliphatic rings. The highest BCUT2D eigenvalue weighted by Gasteiger charge is 2.20. The van der Waals surface area contributed by atoms with Crippen LogP contribution in [0.3, 0.4) is 0 Å². The monoisotopic (exact) mass is 500 g/mol. The van der Waals surface area contributed by atoms with E-state index in [1.807, 2.05) is 17.0 Å². The Morgan fingerprint density at radius 1 is 1.24 bits per heavy atom. The number of rotatable bonds is 1. The minimum Gasteiger partial charge on any atom is -0.378 e. The van der Waals surface area contributed by atoms with Gasteiger partial charge in [0, 0.05) is 16.7 Å². The molecule has 1 aromatic carbocycles. The fraction of sp³-hybridized carbons (Fsp3) is 0.211. The van der Waals surface area contributed by atoms with Gasteiger partial charge in [0.1, 0.15) is 22.8 Å². The first kappa shape index (κ1) is 18.0. The Morgan fingerprint density at radius 2 is 2.03 bits per heavy atom. The smallest absolute Gasteiger partial charge is 0.266 e. The zero-order valence-electron chi connectivity index (χ0n) is 15.0. The Morgan fingerprint density at radius 3 is 2.79 bits per heavy atom. The molecule has 0 bridgehead atoms. The molecule has 1 saturated heterocycles. The first-order valence-corrected chi connectivity index (χ1v) is 9.96. The number of nitrogens with zero attached hydrogens (tertiary/aromatic N) is 5. The normalized spacial score (nSPS) is 14.6. The molecule has 0 spiro atoms. The summed E-state index contributed by atoms with van der Waals surface area (Å²) in [6, 6.07) is 7.29. The van der Waals surface area contributed by atoms with Crippen LogP contribution in [0.15, 0.2) is 34.0 Å². The molecule has 1 aliphatic heterocycles. The summed E-state index contributed by atoms with van der Waals surface area (Å²) in [5.41, 5.74) is -0.00456. The minimum atomic E-state index is -0.528. The standard InChI is InChI=1S/C19H13IN6O3/c20-10-1-2-13-11(7-10)18(28)26-14-9-22-19(25-3-5-29-6-4-25)24-15(14)16(27)12(8-21)17(26)23-13/h1-2,7,9,23H,3-6H2. The van der Waals surface area contributed by atoms with Crippen LogP contribution < -0.4 is 15.9 Å². The first-order chi connectivity index (χ1) is 14.1. The second kappa shape index (κ2) is 6.78. The molecule has 4 heterocycles. The van der Waals surface area contributed by atoms with Crippen LogP contribution in [0.1, 0.15) is 5.56 Å². The van der Waals surface area contributed by atoms with Gasteiger partial charge in [0.05, 0.1) is 35.8 Å². The quantitative estimate of drug-likeness (QED) is 0.239. The number of hydrogen-bond acceptors (Lipinski definition) is 7. The fourth-order valence-electron chi connectivity index (χ4n) is 3.55. The fourth-order valence-corrected chi connectivity index (χ4v) is 4.05. The number of ether oxygens (including phenoxy) is 1. The van der Waals surface area contributed by atoms with Crippen LogP contribution in [0, 0.1) is 14.9 Å². The van der Waals surface area contributed by atoms with E-state index in [0.29, 0.717) is 43.2 Å². The average molecular weight is 500 g/mol. The lowest BCUT2D eigenvalue weighted by atomic mass is 10.2. The Balaban J connectivity index is 1.91. The largest absolute Gasteiger partial charge is 0.378 e. The molecular weight excluding hydrogens is 487 g/mol. The number of nitrogens with one attached hydrogen (secondary N) is 1. The molecule has 0 radical (unpaired) electrons. The number of nitriles is 1. The van der Waals surface area contributed by atoms with Crippen molar-refractivity contribution in [3.63, 3.8) is 0 Å². The summed E-state index contributed by atoms with van der Waals surface area (Å²) in [4.78, 5) is 40.1. The molecule has 1 fully saturated rings. The van der Waals surface area contributed by atoms with Gasteiger partial charge < -0.3 is 14.6 Å². The van der Waals surface area contributed by atoms with Gasteiger partial charge >= 0.3 is 0 Å². The van der Waals surface area contributed by atoms with Gasteiger partial charge in [-0.25, -0.2) is 9.97 Å². The number of pyridine rings is 1. The van der Waals surface area contributed by atoms with Crippen LogP contribution in [0.2, 0.25) is 0 Å². The van der Waals surface area contributed by atoms with Gasteiger partial charge in [0.25, 0.3) is 5.56 Å². The van der Waals surface area contributed by atoms with E-state index in [-0.39, 0.29) is 27.8 Å². The Bertz CT molecular complexity index is 1460. The van der Waals surface area contributed by atoms with Crippen LogP contribution in [-0.2, 0) is 4.74 Å². The highest BCUT2D eigenvalue weighted by Crippen LogP contribution is 2.19. The molecule has 10 heteroatoms. The summed E-state index contributed by atoms with van der Waals surface area (Å²) < 4.78 is 7.56. The zero-order chi connectivity index (χ0) is 20.1. The van der Waals surface area contributed by atoms with Crippen LogP contribution in [0.25, 0.3) is 27.6 Å². The predicted molar refractivity (Wildman–Crippen MR) is 115 cm³/mol. The van der Waals surface area contributed by atoms with E-state index in [4.69, 9.17) is 4.74 Å². The maximum absolute atomic E-state index is 13.3. The summed E-state index contributed by atoms with van der Waals surface area (Å²) in [6.45, 7) is 2.31. The Kier molecular flexibility index (Phi) is 4.21. The second-order valence-electron chi connectivity index (χ2n) is 6.62. The van der Waals surface area contributed by atoms with Crippen LogP contribution in [-0.4, -0.2) is 45.7 Å². The summed E-state index contributed by atoms with van der Waals surface area (Å²) in [6.07, 6.45) is 1.47. The van der Waals surface area contributed by atoms with Crippen molar-refractivity contribution in [1.82, 2.24) is 19.4 Å². The summed E-state index contributed by atoms with van der Waals surface area (Å²) >= 11 is 2.13. The second-order valence-corrected chi connectivity index (χ2v) is 7.87. The van der Waals surface area contributed by atoms with E-state index in [1.165, 1.54) is 10.6 Å². The van der Waals surface area contributed by atoms with Crippen molar-refractivity contribution >= 4 is 56.1 Å². The van der Waals surface area contributed by atoms with Crippen molar-refractivity contribution in [3.05, 3.63) is 54.1 Å². The van der Waals surface area contributed by atoms with Crippen molar-refractivity contribution < 1.29 is 4.74 Å². The van der Waals surface area contributed by atoms with Gasteiger partial charge in [-0.15, -0.1) is 0 Å². The van der Waals surface area contributed by atoms with Crippen molar-refractivity contribution in [1.29, 1.82) is 5.26 Å². The molecule has 0 amide bonds. The topological polar surface area (TPSA) is 116 Å². The Labute approximate surface area is 176 Å². The molecule has 1 N–H and O–H groups in total. The van der Waals surface area contributed by atoms with Crippen LogP contribution in [0.4, 0.5) is 5.95 Å². The summed E-state index contributed by atoms with van der Waals surface area (Å²) in [5, 5.41) is 10.1. The molecule has 144 valence electrons. The van der Waals surface area contributed by atoms with Crippen molar-refractivity contribution in [2.75, 3.05) is 31.2 Å². The van der Waals surface area contributed by atoms with E-state index in [1.54, 1.807) is 12.1 Å². The number of fused-ring (bicyclic) bond motifs is 4. The number of aromatic amines is 1. The van der Waals surface area contributed by atoms with Crippen LogP contribution in [0.5, 0.6) is 0 Å². The van der Waals surface area contributed by atoms with E-state index in [9.17, 15) is 14.9 Å². The van der Waals surface area contributed by atoms with E-state index in [0.717, 1.165) is 3.57 Å². The number of H-pyrrole nitrogens is 1. The van der Waals surface area contributed by atoms with E-state index >= 15 is 0 Å². The number of aromatic nitrogens is 4. The molecule has 9 nitrogen and oxygen atoms in total. The maximum atomic E-state index is 13.3. The molecule has 0 atom stereocenters. The lowest BCUT2D eigenvalue weighted by Gasteiger charge is -2.26. The third-order valence-corrected chi connectivity index (χ3v) is 5.65. The Hall–Kier alpha value is -3.04. The van der Waals surface area contributed by atoms with Crippen LogP contribution >= 0.6 is 22.6 Å². The molecule has 5 rings (SSSR count). The molecule has 4 aromatic rings. The third kappa shape index (κ3) is 2.77. The van der Waals surface area contributed by atoms with Crippen molar-refractivity contribution in [3.8, 4) is 6.07 Å². The molecule has 0 aliphatic carbocycles. The maximum Gasteiger partial charge on any atom is 0.266 e. The molecular formula is C19H13IN6O3. The van der Waals surface area contributed by atoms with Gasteiger partial charge in [-0.3, -0.25) is 14.0 Å². The zero-order valence-corrected chi connectivity index (χ0v) is 17.1. The SMILES string of the molecule is N#Cc1c(=O)c2nc(N3CCOCC3)ncc2n2c(=O)c3cc(I)ccc3[nH]c12. The van der Waals surface area contributed by atoms with Gasteiger partial charge in [-0.1, -0.05) is 0 Å². The van der Waals surface area contributed by atoms with Crippen molar-refractivity contribution in [2.24, 2.45) is 0 Å². The number of halogens is 1. The highest BCUT2D eigenvalue weighted by molar-refractivity contribution is 14.1. The number of hydrogen-bond donors (Lipinski definition) is 1. The minimum absolute atomic E-state index is 0.0472. The average Bonchev–Trinajstić information content (AvgIpc) is 2.75. The van der Waals surface area contributed by atoms with E-state index in [2.05, 4.69) is 37.5 Å². The highest BCUT2D eigenvalue weighted by atomic mass is 127. The van der Waals surface area contributed by atoms with E-state index < -0.39 is 5.43 Å². The number of morpholine rings is 1. The first-order valence-electron chi connectivity index (χ1n) is 8.88. The lowest BCUT2D eigenvalue weighted by molar-refractivity contribution is 0.122. The molecule has 3 aromatic heterocycles. The summed E-state index contributed by atoms with van der Waals surface area (Å²) in [7, 11) is 0.